The Morgan fingerprint density at radius 3 is 2.77 bits per heavy atom. The van der Waals surface area contributed by atoms with Crippen molar-refractivity contribution < 1.29 is 14.3 Å². The van der Waals surface area contributed by atoms with E-state index in [1.54, 1.807) is 12.1 Å². The molecule has 0 aliphatic carbocycles. The SMILES string of the molecule is CCOc1cc(C)c2c(c1)O/C(=C\c1ccccc1Br)C2=O. The summed E-state index contributed by atoms with van der Waals surface area (Å²) in [6.07, 6.45) is 1.76. The molecule has 0 saturated heterocycles. The van der Waals surface area contributed by atoms with Gasteiger partial charge in [-0.25, -0.2) is 0 Å². The van der Waals surface area contributed by atoms with E-state index in [1.165, 1.54) is 0 Å². The van der Waals surface area contributed by atoms with E-state index in [0.717, 1.165) is 15.6 Å². The molecule has 0 radical (unpaired) electrons. The summed E-state index contributed by atoms with van der Waals surface area (Å²) < 4.78 is 12.2. The number of halogens is 1. The quantitative estimate of drug-likeness (QED) is 0.741. The molecular formula is C18H15BrO3. The summed E-state index contributed by atoms with van der Waals surface area (Å²) in [7, 11) is 0. The second-order valence-electron chi connectivity index (χ2n) is 5.01. The molecule has 0 fully saturated rings. The highest BCUT2D eigenvalue weighted by atomic mass is 79.9. The van der Waals surface area contributed by atoms with Gasteiger partial charge in [0.1, 0.15) is 11.5 Å². The highest BCUT2D eigenvalue weighted by molar-refractivity contribution is 9.10. The Morgan fingerprint density at radius 2 is 2.05 bits per heavy atom. The van der Waals surface area contributed by atoms with E-state index < -0.39 is 0 Å². The maximum Gasteiger partial charge on any atom is 0.232 e. The zero-order valence-corrected chi connectivity index (χ0v) is 13.9. The van der Waals surface area contributed by atoms with Gasteiger partial charge in [-0.3, -0.25) is 4.79 Å². The summed E-state index contributed by atoms with van der Waals surface area (Å²) >= 11 is 3.47. The second-order valence-corrected chi connectivity index (χ2v) is 5.86. The van der Waals surface area contributed by atoms with Crippen molar-refractivity contribution in [2.75, 3.05) is 6.61 Å². The first-order chi connectivity index (χ1) is 10.6. The van der Waals surface area contributed by atoms with E-state index in [9.17, 15) is 4.79 Å². The number of hydrogen-bond donors (Lipinski definition) is 0. The molecule has 0 saturated carbocycles. The molecule has 0 aromatic heterocycles. The molecule has 2 aromatic carbocycles. The standard InChI is InChI=1S/C18H15BrO3/c1-3-21-13-8-11(2)17-15(10-13)22-16(18(17)20)9-12-6-4-5-7-14(12)19/h4-10H,3H2,1-2H3/b16-9-. The number of rotatable bonds is 3. The van der Waals surface area contributed by atoms with Gasteiger partial charge < -0.3 is 9.47 Å². The molecular weight excluding hydrogens is 344 g/mol. The number of carbonyl (C=O) groups is 1. The average Bonchev–Trinajstić information content (AvgIpc) is 2.78. The third kappa shape index (κ3) is 2.66. The second kappa shape index (κ2) is 5.97. The van der Waals surface area contributed by atoms with E-state index >= 15 is 0 Å². The molecule has 2 aromatic rings. The van der Waals surface area contributed by atoms with Gasteiger partial charge in [0.05, 0.1) is 12.2 Å². The number of fused-ring (bicyclic) bond motifs is 1. The van der Waals surface area contributed by atoms with E-state index in [0.29, 0.717) is 29.4 Å². The normalized spacial score (nSPS) is 14.9. The van der Waals surface area contributed by atoms with Crippen molar-refractivity contribution in [2.45, 2.75) is 13.8 Å². The first kappa shape index (κ1) is 14.9. The highest BCUT2D eigenvalue weighted by Crippen LogP contribution is 2.37. The van der Waals surface area contributed by atoms with Crippen LogP contribution in [0.1, 0.15) is 28.4 Å². The third-order valence-corrected chi connectivity index (χ3v) is 4.17. The molecule has 0 N–H and O–H groups in total. The number of Topliss-reactive ketones (excluding diaryl/α,β-unsaturated/α-hetero) is 1. The van der Waals surface area contributed by atoms with Crippen LogP contribution < -0.4 is 9.47 Å². The lowest BCUT2D eigenvalue weighted by Gasteiger charge is -2.06. The van der Waals surface area contributed by atoms with Crippen LogP contribution in [0.2, 0.25) is 0 Å². The molecule has 1 aliphatic rings. The van der Waals surface area contributed by atoms with Gasteiger partial charge in [0.2, 0.25) is 5.78 Å². The van der Waals surface area contributed by atoms with Crippen molar-refractivity contribution in [3.63, 3.8) is 0 Å². The maximum atomic E-state index is 12.6. The maximum absolute atomic E-state index is 12.6. The number of hydrogen-bond acceptors (Lipinski definition) is 3. The summed E-state index contributed by atoms with van der Waals surface area (Å²) in [4.78, 5) is 12.6. The number of ketones is 1. The molecule has 0 bridgehead atoms. The molecule has 0 atom stereocenters. The Morgan fingerprint density at radius 1 is 1.27 bits per heavy atom. The lowest BCUT2D eigenvalue weighted by Crippen LogP contribution is -2.00. The molecule has 0 amide bonds. The van der Waals surface area contributed by atoms with Gasteiger partial charge in [0, 0.05) is 10.5 Å². The predicted molar refractivity (Wildman–Crippen MR) is 89.4 cm³/mol. The minimum Gasteiger partial charge on any atom is -0.494 e. The fraction of sp³-hybridized carbons (Fsp3) is 0.167. The van der Waals surface area contributed by atoms with Gasteiger partial charge in [-0.05, 0) is 43.2 Å². The fourth-order valence-electron chi connectivity index (χ4n) is 2.46. The molecule has 112 valence electrons. The van der Waals surface area contributed by atoms with Gasteiger partial charge in [0.25, 0.3) is 0 Å². The lowest BCUT2D eigenvalue weighted by molar-refractivity contribution is 0.101. The number of carbonyl (C=O) groups excluding carboxylic acids is 1. The van der Waals surface area contributed by atoms with Gasteiger partial charge in [-0.1, -0.05) is 34.1 Å². The summed E-state index contributed by atoms with van der Waals surface area (Å²) in [6, 6.07) is 11.3. The minimum absolute atomic E-state index is 0.0914. The van der Waals surface area contributed by atoms with Crippen molar-refractivity contribution in [3.8, 4) is 11.5 Å². The van der Waals surface area contributed by atoms with Crippen LogP contribution in [-0.4, -0.2) is 12.4 Å². The van der Waals surface area contributed by atoms with Crippen LogP contribution in [0.5, 0.6) is 11.5 Å². The predicted octanol–water partition coefficient (Wildman–Crippen LogP) is 4.77. The van der Waals surface area contributed by atoms with Crippen LogP contribution in [0.25, 0.3) is 6.08 Å². The summed E-state index contributed by atoms with van der Waals surface area (Å²) in [5.74, 6) is 1.52. The number of ether oxygens (including phenoxy) is 2. The topological polar surface area (TPSA) is 35.5 Å². The van der Waals surface area contributed by atoms with Crippen molar-refractivity contribution in [3.05, 3.63) is 63.3 Å². The third-order valence-electron chi connectivity index (χ3n) is 3.45. The highest BCUT2D eigenvalue weighted by Gasteiger charge is 2.30. The molecule has 4 heteroatoms. The van der Waals surface area contributed by atoms with Crippen molar-refractivity contribution in [1.29, 1.82) is 0 Å². The molecule has 1 aliphatic heterocycles. The molecule has 0 unspecified atom stereocenters. The van der Waals surface area contributed by atoms with Crippen LogP contribution in [0.3, 0.4) is 0 Å². The first-order valence-corrected chi connectivity index (χ1v) is 7.85. The van der Waals surface area contributed by atoms with Gasteiger partial charge in [-0.2, -0.15) is 0 Å². The van der Waals surface area contributed by atoms with Crippen LogP contribution in [0.4, 0.5) is 0 Å². The van der Waals surface area contributed by atoms with Gasteiger partial charge in [0.15, 0.2) is 5.76 Å². The van der Waals surface area contributed by atoms with Crippen LogP contribution in [-0.2, 0) is 0 Å². The van der Waals surface area contributed by atoms with Gasteiger partial charge >= 0.3 is 0 Å². The largest absolute Gasteiger partial charge is 0.494 e. The van der Waals surface area contributed by atoms with Crippen molar-refractivity contribution >= 4 is 27.8 Å². The zero-order chi connectivity index (χ0) is 15.7. The Hall–Kier alpha value is -2.07. The molecule has 3 rings (SSSR count). The summed E-state index contributed by atoms with van der Waals surface area (Å²) in [5, 5.41) is 0. The van der Waals surface area contributed by atoms with E-state index in [-0.39, 0.29) is 5.78 Å². The van der Waals surface area contributed by atoms with Crippen LogP contribution in [0, 0.1) is 6.92 Å². The molecule has 3 nitrogen and oxygen atoms in total. The van der Waals surface area contributed by atoms with Crippen LogP contribution >= 0.6 is 15.9 Å². The first-order valence-electron chi connectivity index (χ1n) is 7.06. The van der Waals surface area contributed by atoms with E-state index in [2.05, 4.69) is 15.9 Å². The summed E-state index contributed by atoms with van der Waals surface area (Å²) in [6.45, 7) is 4.39. The lowest BCUT2D eigenvalue weighted by atomic mass is 10.0. The number of benzene rings is 2. The Kier molecular flexibility index (Phi) is 4.03. The molecule has 0 spiro atoms. The van der Waals surface area contributed by atoms with E-state index in [4.69, 9.17) is 9.47 Å². The minimum atomic E-state index is -0.0914. The number of aryl methyl sites for hydroxylation is 1. The molecule has 22 heavy (non-hydrogen) atoms. The van der Waals surface area contributed by atoms with Crippen molar-refractivity contribution in [1.82, 2.24) is 0 Å². The van der Waals surface area contributed by atoms with E-state index in [1.807, 2.05) is 44.2 Å². The summed E-state index contributed by atoms with van der Waals surface area (Å²) in [5.41, 5.74) is 2.38. The Bertz CT molecular complexity index is 778. The van der Waals surface area contributed by atoms with Crippen molar-refractivity contribution in [2.24, 2.45) is 0 Å². The zero-order valence-electron chi connectivity index (χ0n) is 12.4. The smallest absolute Gasteiger partial charge is 0.232 e. The Balaban J connectivity index is 2.01. The Labute approximate surface area is 137 Å². The van der Waals surface area contributed by atoms with Crippen LogP contribution in [0.15, 0.2) is 46.6 Å². The average molecular weight is 359 g/mol. The monoisotopic (exact) mass is 358 g/mol. The number of allylic oxidation sites excluding steroid dienone is 1. The molecule has 1 heterocycles. The fourth-order valence-corrected chi connectivity index (χ4v) is 2.86. The van der Waals surface area contributed by atoms with Gasteiger partial charge in [-0.15, -0.1) is 0 Å².